The van der Waals surface area contributed by atoms with Crippen molar-refractivity contribution >= 4 is 0 Å². The van der Waals surface area contributed by atoms with Gasteiger partial charge >= 0.3 is 6.36 Å². The highest BCUT2D eigenvalue weighted by atomic mass is 19.4. The van der Waals surface area contributed by atoms with Gasteiger partial charge in [0.05, 0.1) is 12.8 Å². The molecule has 1 aromatic rings. The van der Waals surface area contributed by atoms with E-state index in [2.05, 4.69) is 9.72 Å². The summed E-state index contributed by atoms with van der Waals surface area (Å²) in [7, 11) is 0. The first-order chi connectivity index (χ1) is 8.01. The topological polar surface area (TPSA) is 57.4 Å². The van der Waals surface area contributed by atoms with E-state index in [0.29, 0.717) is 25.1 Å². The van der Waals surface area contributed by atoms with Gasteiger partial charge in [-0.25, -0.2) is 0 Å². The molecular weight excluding hydrogens is 237 g/mol. The summed E-state index contributed by atoms with van der Waals surface area (Å²) < 4.78 is 44.7. The molecule has 7 heteroatoms. The largest absolute Gasteiger partial charge is 0.573 e. The summed E-state index contributed by atoms with van der Waals surface area (Å²) in [6.07, 6.45) is -1.59. The van der Waals surface area contributed by atoms with Gasteiger partial charge in [-0.1, -0.05) is 0 Å². The van der Waals surface area contributed by atoms with E-state index in [1.165, 1.54) is 12.3 Å². The van der Waals surface area contributed by atoms with Gasteiger partial charge in [-0.15, -0.1) is 13.2 Å². The Balaban J connectivity index is 2.48. The van der Waals surface area contributed by atoms with Crippen molar-refractivity contribution in [1.82, 2.24) is 4.98 Å². The van der Waals surface area contributed by atoms with E-state index in [1.54, 1.807) is 0 Å². The predicted octanol–water partition coefficient (Wildman–Crippen LogP) is 1.85. The lowest BCUT2D eigenvalue weighted by molar-refractivity contribution is -0.274. The number of alkyl halides is 3. The summed E-state index contributed by atoms with van der Waals surface area (Å²) in [6, 6.07) is 1.24. The van der Waals surface area contributed by atoms with Crippen molar-refractivity contribution < 1.29 is 22.6 Å². The number of rotatable bonds is 6. The molecule has 0 fully saturated rings. The summed E-state index contributed by atoms with van der Waals surface area (Å²) in [5.41, 5.74) is 5.78. The van der Waals surface area contributed by atoms with Crippen LogP contribution in [0.1, 0.15) is 12.0 Å². The number of pyridine rings is 1. The van der Waals surface area contributed by atoms with Crippen LogP contribution in [0.25, 0.3) is 0 Å². The molecule has 0 radical (unpaired) electrons. The quantitative estimate of drug-likeness (QED) is 0.783. The minimum Gasteiger partial charge on any atom is -0.404 e. The molecule has 0 atom stereocenters. The lowest BCUT2D eigenvalue weighted by atomic mass is 10.3. The van der Waals surface area contributed by atoms with Gasteiger partial charge < -0.3 is 15.2 Å². The molecule has 0 saturated carbocycles. The van der Waals surface area contributed by atoms with Crippen molar-refractivity contribution in [3.8, 4) is 5.75 Å². The monoisotopic (exact) mass is 250 g/mol. The van der Waals surface area contributed by atoms with Crippen molar-refractivity contribution in [2.45, 2.75) is 19.4 Å². The Morgan fingerprint density at radius 2 is 2.06 bits per heavy atom. The Morgan fingerprint density at radius 3 is 2.71 bits per heavy atom. The van der Waals surface area contributed by atoms with Crippen LogP contribution in [-0.4, -0.2) is 24.5 Å². The van der Waals surface area contributed by atoms with Crippen LogP contribution in [0.15, 0.2) is 18.5 Å². The Kier molecular flexibility index (Phi) is 5.17. The zero-order chi connectivity index (χ0) is 12.7. The maximum Gasteiger partial charge on any atom is 0.573 e. The lowest BCUT2D eigenvalue weighted by Crippen LogP contribution is -2.17. The lowest BCUT2D eigenvalue weighted by Gasteiger charge is -2.09. The minimum atomic E-state index is -4.71. The molecule has 1 rings (SSSR count). The summed E-state index contributed by atoms with van der Waals surface area (Å²) in [4.78, 5) is 3.64. The fourth-order valence-corrected chi connectivity index (χ4v) is 1.11. The van der Waals surface area contributed by atoms with E-state index in [0.717, 1.165) is 6.20 Å². The molecule has 17 heavy (non-hydrogen) atoms. The van der Waals surface area contributed by atoms with E-state index < -0.39 is 6.36 Å². The minimum absolute atomic E-state index is 0.183. The number of hydrogen-bond acceptors (Lipinski definition) is 4. The maximum atomic E-state index is 11.9. The van der Waals surface area contributed by atoms with Gasteiger partial charge in [-0.2, -0.15) is 0 Å². The van der Waals surface area contributed by atoms with Crippen LogP contribution in [0.4, 0.5) is 13.2 Å². The Morgan fingerprint density at radius 1 is 1.29 bits per heavy atom. The highest BCUT2D eigenvalue weighted by Gasteiger charge is 2.31. The molecule has 0 aliphatic carbocycles. The number of nitrogens with two attached hydrogens (primary N) is 1. The van der Waals surface area contributed by atoms with Crippen LogP contribution in [0.5, 0.6) is 5.75 Å². The van der Waals surface area contributed by atoms with Crippen molar-refractivity contribution in [3.63, 3.8) is 0 Å². The molecule has 0 bridgehead atoms. The summed E-state index contributed by atoms with van der Waals surface area (Å²) in [6.45, 7) is 1.15. The van der Waals surface area contributed by atoms with Gasteiger partial charge in [-0.3, -0.25) is 4.98 Å². The third kappa shape index (κ3) is 6.08. The number of aromatic nitrogens is 1. The van der Waals surface area contributed by atoms with Gasteiger partial charge in [0, 0.05) is 12.8 Å². The van der Waals surface area contributed by atoms with Crippen molar-refractivity contribution in [1.29, 1.82) is 0 Å². The van der Waals surface area contributed by atoms with Crippen molar-refractivity contribution in [3.05, 3.63) is 24.0 Å². The third-order valence-electron chi connectivity index (χ3n) is 1.76. The molecule has 0 saturated heterocycles. The normalized spacial score (nSPS) is 11.5. The molecule has 0 amide bonds. The zero-order valence-corrected chi connectivity index (χ0v) is 9.04. The second kappa shape index (κ2) is 6.41. The van der Waals surface area contributed by atoms with E-state index in [-0.39, 0.29) is 12.4 Å². The molecule has 4 nitrogen and oxygen atoms in total. The molecule has 0 aliphatic rings. The Hall–Kier alpha value is -1.34. The number of nitrogens with zero attached hydrogens (tertiary/aromatic N) is 1. The van der Waals surface area contributed by atoms with Crippen molar-refractivity contribution in [2.75, 3.05) is 13.2 Å². The summed E-state index contributed by atoms with van der Waals surface area (Å²) in [5.74, 6) is -0.350. The van der Waals surface area contributed by atoms with E-state index >= 15 is 0 Å². The SMILES string of the molecule is NCCCOCc1cncc(OC(F)(F)F)c1. The third-order valence-corrected chi connectivity index (χ3v) is 1.76. The Bertz CT molecular complexity index is 345. The highest BCUT2D eigenvalue weighted by molar-refractivity contribution is 5.23. The van der Waals surface area contributed by atoms with Crippen LogP contribution < -0.4 is 10.5 Å². The standard InChI is InChI=1S/C10H13F3N2O2/c11-10(12,13)17-9-4-8(5-15-6-9)7-16-3-1-2-14/h4-6H,1-3,7,14H2. The van der Waals surface area contributed by atoms with Gasteiger partial charge in [-0.05, 0) is 24.6 Å². The zero-order valence-electron chi connectivity index (χ0n) is 9.04. The molecule has 0 spiro atoms. The first kappa shape index (κ1) is 13.7. The fraction of sp³-hybridized carbons (Fsp3) is 0.500. The van der Waals surface area contributed by atoms with Crippen LogP contribution in [0, 0.1) is 0 Å². The van der Waals surface area contributed by atoms with Crippen LogP contribution in [0.3, 0.4) is 0 Å². The van der Waals surface area contributed by atoms with Gasteiger partial charge in [0.1, 0.15) is 5.75 Å². The first-order valence-corrected chi connectivity index (χ1v) is 4.99. The molecule has 1 heterocycles. The molecule has 0 unspecified atom stereocenters. The van der Waals surface area contributed by atoms with E-state index in [9.17, 15) is 13.2 Å². The van der Waals surface area contributed by atoms with Gasteiger partial charge in [0.2, 0.25) is 0 Å². The van der Waals surface area contributed by atoms with Gasteiger partial charge in [0.25, 0.3) is 0 Å². The molecular formula is C10H13F3N2O2. The Labute approximate surface area is 96.5 Å². The average Bonchev–Trinajstić information content (AvgIpc) is 2.23. The fourth-order valence-electron chi connectivity index (χ4n) is 1.11. The molecule has 96 valence electrons. The van der Waals surface area contributed by atoms with E-state index in [1.807, 2.05) is 0 Å². The van der Waals surface area contributed by atoms with E-state index in [4.69, 9.17) is 10.5 Å². The van der Waals surface area contributed by atoms with Crippen LogP contribution in [0.2, 0.25) is 0 Å². The smallest absolute Gasteiger partial charge is 0.404 e. The number of ether oxygens (including phenoxy) is 2. The predicted molar refractivity (Wildman–Crippen MR) is 54.2 cm³/mol. The summed E-state index contributed by atoms with van der Waals surface area (Å²) >= 11 is 0. The summed E-state index contributed by atoms with van der Waals surface area (Å²) in [5, 5.41) is 0. The first-order valence-electron chi connectivity index (χ1n) is 4.99. The van der Waals surface area contributed by atoms with Gasteiger partial charge in [0.15, 0.2) is 0 Å². The molecule has 1 aromatic heterocycles. The number of hydrogen-bond donors (Lipinski definition) is 1. The highest BCUT2D eigenvalue weighted by Crippen LogP contribution is 2.22. The average molecular weight is 250 g/mol. The van der Waals surface area contributed by atoms with Crippen LogP contribution in [-0.2, 0) is 11.3 Å². The molecule has 0 aromatic carbocycles. The molecule has 0 aliphatic heterocycles. The second-order valence-electron chi connectivity index (χ2n) is 3.27. The number of halogens is 3. The maximum absolute atomic E-state index is 11.9. The van der Waals surface area contributed by atoms with Crippen molar-refractivity contribution in [2.24, 2.45) is 5.73 Å². The molecule has 2 N–H and O–H groups in total. The second-order valence-corrected chi connectivity index (χ2v) is 3.27. The van der Waals surface area contributed by atoms with Crippen LogP contribution >= 0.6 is 0 Å².